The summed E-state index contributed by atoms with van der Waals surface area (Å²) in [6.07, 6.45) is 0. The number of amides is 1. The van der Waals surface area contributed by atoms with Gasteiger partial charge >= 0.3 is 0 Å². The molecule has 0 spiro atoms. The van der Waals surface area contributed by atoms with Gasteiger partial charge in [0.2, 0.25) is 0 Å². The van der Waals surface area contributed by atoms with Crippen LogP contribution in [0.2, 0.25) is 0 Å². The number of nitrogens with zero attached hydrogens (tertiary/aromatic N) is 1. The van der Waals surface area contributed by atoms with Gasteiger partial charge in [0, 0.05) is 10.9 Å². The van der Waals surface area contributed by atoms with Crippen LogP contribution >= 0.6 is 34.5 Å². The molecule has 0 aliphatic carbocycles. The molecule has 0 radical (unpaired) electrons. The zero-order valence-electron chi connectivity index (χ0n) is 10.4. The number of alkyl halides is 2. The summed E-state index contributed by atoms with van der Waals surface area (Å²) >= 11 is 12.3. The van der Waals surface area contributed by atoms with Crippen LogP contribution in [0.15, 0.2) is 23.6 Å². The van der Waals surface area contributed by atoms with Crippen molar-refractivity contribution in [2.75, 3.05) is 5.32 Å². The molecule has 1 heterocycles. The fourth-order valence-electron chi connectivity index (χ4n) is 1.63. The molecule has 100 valence electrons. The maximum Gasteiger partial charge on any atom is 0.259 e. The van der Waals surface area contributed by atoms with E-state index in [-0.39, 0.29) is 0 Å². The van der Waals surface area contributed by atoms with Crippen LogP contribution < -0.4 is 5.32 Å². The summed E-state index contributed by atoms with van der Waals surface area (Å²) in [7, 11) is 0. The molecule has 0 bridgehead atoms. The molecule has 1 amide bonds. The van der Waals surface area contributed by atoms with Crippen molar-refractivity contribution in [3.63, 3.8) is 0 Å². The number of halogens is 2. The van der Waals surface area contributed by atoms with Crippen molar-refractivity contribution in [2.45, 2.75) is 18.7 Å². The van der Waals surface area contributed by atoms with E-state index in [4.69, 9.17) is 23.2 Å². The summed E-state index contributed by atoms with van der Waals surface area (Å²) in [4.78, 5) is 14.7. The second-order valence-corrected chi connectivity index (χ2v) is 6.10. The first-order chi connectivity index (χ1) is 8.97. The average Bonchev–Trinajstić information content (AvgIpc) is 2.80. The third-order valence-electron chi connectivity index (χ3n) is 2.60. The summed E-state index contributed by atoms with van der Waals surface area (Å²) in [5.74, 6) is -0.467. The average molecular weight is 315 g/mol. The Morgan fingerprint density at radius 1 is 1.37 bits per heavy atom. The van der Waals surface area contributed by atoms with Gasteiger partial charge in [-0.05, 0) is 25.5 Å². The van der Waals surface area contributed by atoms with E-state index in [1.807, 2.05) is 19.2 Å². The number of nitrogens with one attached hydrogen (secondary N) is 1. The van der Waals surface area contributed by atoms with Crippen molar-refractivity contribution in [3.05, 3.63) is 34.7 Å². The number of carbonyl (C=O) groups excluding carboxylic acids is 1. The minimum Gasteiger partial charge on any atom is -0.300 e. The molecule has 0 aliphatic rings. The monoisotopic (exact) mass is 314 g/mol. The first kappa shape index (κ1) is 14.3. The highest BCUT2D eigenvalue weighted by molar-refractivity contribution is 7.14. The minimum atomic E-state index is -1.09. The van der Waals surface area contributed by atoms with Crippen molar-refractivity contribution < 1.29 is 4.79 Å². The van der Waals surface area contributed by atoms with E-state index >= 15 is 0 Å². The van der Waals surface area contributed by atoms with Gasteiger partial charge in [-0.3, -0.25) is 10.1 Å². The molecule has 2 rings (SSSR count). The Morgan fingerprint density at radius 3 is 2.79 bits per heavy atom. The molecule has 1 aromatic heterocycles. The molecule has 1 N–H and O–H groups in total. The first-order valence-corrected chi connectivity index (χ1v) is 7.35. The summed E-state index contributed by atoms with van der Waals surface area (Å²) < 4.78 is 0. The Labute approximate surface area is 125 Å². The van der Waals surface area contributed by atoms with Crippen LogP contribution in [0.4, 0.5) is 5.13 Å². The molecule has 0 saturated heterocycles. The van der Waals surface area contributed by atoms with Crippen LogP contribution in [-0.2, 0) is 4.79 Å². The van der Waals surface area contributed by atoms with Gasteiger partial charge in [0.15, 0.2) is 9.97 Å². The number of anilines is 1. The molecule has 2 aromatic rings. The number of hydrogen-bond donors (Lipinski definition) is 1. The highest BCUT2D eigenvalue weighted by Gasteiger charge is 2.14. The Balaban J connectivity index is 2.26. The van der Waals surface area contributed by atoms with Crippen molar-refractivity contribution in [1.29, 1.82) is 0 Å². The predicted molar refractivity (Wildman–Crippen MR) is 81.1 cm³/mol. The highest BCUT2D eigenvalue weighted by atomic mass is 35.5. The van der Waals surface area contributed by atoms with Crippen LogP contribution in [0.3, 0.4) is 0 Å². The van der Waals surface area contributed by atoms with E-state index in [0.29, 0.717) is 5.13 Å². The standard InChI is InChI=1S/C13H12Cl2N2OS/c1-7-3-4-8(2)9(5-7)10-6-19-13(16-10)17-12(18)11(14)15/h3-6,11H,1-2H3,(H,16,17,18). The van der Waals surface area contributed by atoms with E-state index < -0.39 is 10.7 Å². The zero-order chi connectivity index (χ0) is 14.0. The van der Waals surface area contributed by atoms with Gasteiger partial charge in [0.25, 0.3) is 5.91 Å². The van der Waals surface area contributed by atoms with Gasteiger partial charge < -0.3 is 0 Å². The normalized spacial score (nSPS) is 10.8. The Kier molecular flexibility index (Phi) is 4.45. The molecule has 0 saturated carbocycles. The van der Waals surface area contributed by atoms with E-state index in [9.17, 15) is 4.79 Å². The number of aromatic nitrogens is 1. The fraction of sp³-hybridized carbons (Fsp3) is 0.231. The molecule has 0 unspecified atom stereocenters. The maximum absolute atomic E-state index is 11.4. The van der Waals surface area contributed by atoms with E-state index in [0.717, 1.165) is 16.8 Å². The van der Waals surface area contributed by atoms with E-state index in [1.165, 1.54) is 16.9 Å². The molecular weight excluding hydrogens is 303 g/mol. The van der Waals surface area contributed by atoms with Crippen LogP contribution in [0.25, 0.3) is 11.3 Å². The van der Waals surface area contributed by atoms with Crippen LogP contribution in [0.5, 0.6) is 0 Å². The topological polar surface area (TPSA) is 42.0 Å². The summed E-state index contributed by atoms with van der Waals surface area (Å²) in [5.41, 5.74) is 4.20. The van der Waals surface area contributed by atoms with Gasteiger partial charge in [0.1, 0.15) is 0 Å². The van der Waals surface area contributed by atoms with Gasteiger partial charge in [-0.1, -0.05) is 40.9 Å². The SMILES string of the molecule is Cc1ccc(C)c(-c2csc(NC(=O)C(Cl)Cl)n2)c1. The lowest BCUT2D eigenvalue weighted by atomic mass is 10.0. The number of aryl methyl sites for hydroxylation is 2. The Hall–Kier alpha value is -1.10. The summed E-state index contributed by atoms with van der Waals surface area (Å²) in [6.45, 7) is 4.06. The molecule has 6 heteroatoms. The van der Waals surface area contributed by atoms with Gasteiger partial charge in [-0.25, -0.2) is 4.98 Å². The Morgan fingerprint density at radius 2 is 2.11 bits per heavy atom. The maximum atomic E-state index is 11.4. The lowest BCUT2D eigenvalue weighted by Gasteiger charge is -2.04. The van der Waals surface area contributed by atoms with Crippen LogP contribution in [0, 0.1) is 13.8 Å². The molecule has 19 heavy (non-hydrogen) atoms. The van der Waals surface area contributed by atoms with Crippen molar-refractivity contribution in [1.82, 2.24) is 4.98 Å². The third kappa shape index (κ3) is 3.47. The van der Waals surface area contributed by atoms with Gasteiger partial charge in [0.05, 0.1) is 5.69 Å². The second-order valence-electron chi connectivity index (χ2n) is 4.15. The Bertz CT molecular complexity index is 610. The molecule has 3 nitrogen and oxygen atoms in total. The van der Waals surface area contributed by atoms with Crippen LogP contribution in [0.1, 0.15) is 11.1 Å². The molecular formula is C13H12Cl2N2OS. The number of thiazole rings is 1. The van der Waals surface area contributed by atoms with Crippen molar-refractivity contribution in [3.8, 4) is 11.3 Å². The summed E-state index contributed by atoms with van der Waals surface area (Å²) in [6, 6.07) is 6.18. The lowest BCUT2D eigenvalue weighted by Crippen LogP contribution is -2.18. The number of hydrogen-bond acceptors (Lipinski definition) is 3. The van der Waals surface area contributed by atoms with Crippen LogP contribution in [-0.4, -0.2) is 15.7 Å². The summed E-state index contributed by atoms with van der Waals surface area (Å²) in [5, 5.41) is 4.96. The molecule has 0 fully saturated rings. The predicted octanol–water partition coefficient (Wildman–Crippen LogP) is 4.17. The second kappa shape index (κ2) is 5.90. The molecule has 0 aliphatic heterocycles. The largest absolute Gasteiger partial charge is 0.300 e. The smallest absolute Gasteiger partial charge is 0.259 e. The quantitative estimate of drug-likeness (QED) is 0.864. The lowest BCUT2D eigenvalue weighted by molar-refractivity contribution is -0.114. The highest BCUT2D eigenvalue weighted by Crippen LogP contribution is 2.28. The third-order valence-corrected chi connectivity index (χ3v) is 3.76. The molecule has 1 aromatic carbocycles. The molecule has 0 atom stereocenters. The van der Waals surface area contributed by atoms with Gasteiger partial charge in [-0.2, -0.15) is 0 Å². The number of rotatable bonds is 3. The van der Waals surface area contributed by atoms with Gasteiger partial charge in [-0.15, -0.1) is 11.3 Å². The minimum absolute atomic E-state index is 0.467. The van der Waals surface area contributed by atoms with Crippen molar-refractivity contribution in [2.24, 2.45) is 0 Å². The van der Waals surface area contributed by atoms with Crippen molar-refractivity contribution >= 4 is 45.6 Å². The van der Waals surface area contributed by atoms with E-state index in [1.54, 1.807) is 0 Å². The number of carbonyl (C=O) groups is 1. The fourth-order valence-corrected chi connectivity index (χ4v) is 2.45. The first-order valence-electron chi connectivity index (χ1n) is 5.59. The number of benzene rings is 1. The zero-order valence-corrected chi connectivity index (χ0v) is 12.7. The van der Waals surface area contributed by atoms with E-state index in [2.05, 4.69) is 28.5 Å².